The molecule has 3 rings (SSSR count). The third-order valence-electron chi connectivity index (χ3n) is 4.25. The largest absolute Gasteiger partial charge is 0.491 e. The molecule has 0 bridgehead atoms. The van der Waals surface area contributed by atoms with Crippen molar-refractivity contribution in [1.82, 2.24) is 4.90 Å². The lowest BCUT2D eigenvalue weighted by atomic mass is 10.1. The maximum Gasteiger partial charge on any atom is 0.261 e. The normalized spacial score (nSPS) is 11.4. The Labute approximate surface area is 176 Å². The third-order valence-corrected chi connectivity index (χ3v) is 5.96. The maximum atomic E-state index is 12.8. The molecule has 0 aliphatic carbocycles. The highest BCUT2D eigenvalue weighted by Crippen LogP contribution is 2.29. The molecule has 1 N–H and O–H groups in total. The van der Waals surface area contributed by atoms with Crippen molar-refractivity contribution in [1.29, 1.82) is 0 Å². The van der Waals surface area contributed by atoms with Gasteiger partial charge in [-0.15, -0.1) is 0 Å². The van der Waals surface area contributed by atoms with Crippen LogP contribution in [0.2, 0.25) is 5.02 Å². The summed E-state index contributed by atoms with van der Waals surface area (Å²) in [6.07, 6.45) is 0. The molecule has 0 saturated heterocycles. The quantitative estimate of drug-likeness (QED) is 0.560. The van der Waals surface area contributed by atoms with Gasteiger partial charge in [0.2, 0.25) is 0 Å². The molecule has 3 aromatic carbocycles. The van der Waals surface area contributed by atoms with Crippen LogP contribution in [0, 0.1) is 0 Å². The van der Waals surface area contributed by atoms with Crippen LogP contribution < -0.4 is 9.46 Å². The molecular formula is C22H23ClN2O3S. The average molecular weight is 431 g/mol. The molecule has 0 aliphatic rings. The predicted molar refractivity (Wildman–Crippen MR) is 118 cm³/mol. The van der Waals surface area contributed by atoms with Crippen molar-refractivity contribution in [2.75, 3.05) is 32.0 Å². The van der Waals surface area contributed by atoms with Gasteiger partial charge in [-0.25, -0.2) is 8.42 Å². The van der Waals surface area contributed by atoms with Gasteiger partial charge in [0.1, 0.15) is 12.4 Å². The molecule has 0 spiro atoms. The Hall–Kier alpha value is -2.54. The summed E-state index contributed by atoms with van der Waals surface area (Å²) in [5, 5.41) is 0.430. The van der Waals surface area contributed by atoms with E-state index < -0.39 is 10.0 Å². The highest BCUT2D eigenvalue weighted by Gasteiger charge is 2.15. The highest BCUT2D eigenvalue weighted by atomic mass is 35.5. The highest BCUT2D eigenvalue weighted by molar-refractivity contribution is 7.92. The standard InChI is InChI=1S/C22H23ClN2O3S/c1-25(2)14-15-28-22-16-19(10-13-21(22)23)24-29(26,27)20-11-8-18(9-12-20)17-6-4-3-5-7-17/h3-13,16,24H,14-15H2,1-2H3. The third kappa shape index (κ3) is 5.73. The minimum atomic E-state index is -3.73. The Morgan fingerprint density at radius 1 is 0.931 bits per heavy atom. The van der Waals surface area contributed by atoms with E-state index in [1.54, 1.807) is 42.5 Å². The fourth-order valence-corrected chi connectivity index (χ4v) is 3.91. The van der Waals surface area contributed by atoms with Gasteiger partial charge in [-0.3, -0.25) is 4.72 Å². The van der Waals surface area contributed by atoms with Gasteiger partial charge in [0.15, 0.2) is 0 Å². The van der Waals surface area contributed by atoms with Gasteiger partial charge in [0.25, 0.3) is 10.0 Å². The van der Waals surface area contributed by atoms with Gasteiger partial charge < -0.3 is 9.64 Å². The van der Waals surface area contributed by atoms with E-state index in [1.165, 1.54) is 0 Å². The van der Waals surface area contributed by atoms with Crippen LogP contribution >= 0.6 is 11.6 Å². The molecule has 0 amide bonds. The van der Waals surface area contributed by atoms with Crippen LogP contribution in [0.1, 0.15) is 0 Å². The average Bonchev–Trinajstić information content (AvgIpc) is 2.71. The molecule has 152 valence electrons. The zero-order valence-electron chi connectivity index (χ0n) is 16.3. The number of hydrogen-bond donors (Lipinski definition) is 1. The van der Waals surface area contributed by atoms with Crippen LogP contribution in [0.4, 0.5) is 5.69 Å². The Morgan fingerprint density at radius 3 is 2.24 bits per heavy atom. The number of hydrogen-bond acceptors (Lipinski definition) is 4. The first-order valence-electron chi connectivity index (χ1n) is 9.10. The van der Waals surface area contributed by atoms with Crippen molar-refractivity contribution in [2.45, 2.75) is 4.90 Å². The zero-order chi connectivity index (χ0) is 20.9. The minimum Gasteiger partial charge on any atom is -0.491 e. The number of anilines is 1. The molecule has 0 heterocycles. The molecular weight excluding hydrogens is 408 g/mol. The summed E-state index contributed by atoms with van der Waals surface area (Å²) >= 11 is 6.16. The Balaban J connectivity index is 1.75. The number of sulfonamides is 1. The van der Waals surface area contributed by atoms with Crippen LogP contribution in [0.15, 0.2) is 77.7 Å². The van der Waals surface area contributed by atoms with Gasteiger partial charge in [-0.2, -0.15) is 0 Å². The van der Waals surface area contributed by atoms with E-state index in [-0.39, 0.29) is 4.90 Å². The molecule has 0 aliphatic heterocycles. The van der Waals surface area contributed by atoms with E-state index in [9.17, 15) is 8.42 Å². The molecule has 3 aromatic rings. The van der Waals surface area contributed by atoms with Crippen molar-refractivity contribution in [3.63, 3.8) is 0 Å². The van der Waals surface area contributed by atoms with E-state index in [2.05, 4.69) is 4.72 Å². The first-order valence-corrected chi connectivity index (χ1v) is 11.0. The summed E-state index contributed by atoms with van der Waals surface area (Å²) in [5.41, 5.74) is 2.37. The van der Waals surface area contributed by atoms with Crippen LogP contribution in [-0.4, -0.2) is 40.6 Å². The molecule has 29 heavy (non-hydrogen) atoms. The van der Waals surface area contributed by atoms with E-state index in [0.29, 0.717) is 23.1 Å². The fraction of sp³-hybridized carbons (Fsp3) is 0.182. The summed E-state index contributed by atoms with van der Waals surface area (Å²) < 4.78 is 33.8. The molecule has 0 atom stereocenters. The van der Waals surface area contributed by atoms with E-state index in [4.69, 9.17) is 16.3 Å². The topological polar surface area (TPSA) is 58.6 Å². The molecule has 5 nitrogen and oxygen atoms in total. The lowest BCUT2D eigenvalue weighted by Crippen LogP contribution is -2.19. The molecule has 0 fully saturated rings. The Bertz CT molecular complexity index is 1050. The van der Waals surface area contributed by atoms with Crippen molar-refractivity contribution in [2.24, 2.45) is 0 Å². The van der Waals surface area contributed by atoms with Crippen molar-refractivity contribution in [3.05, 3.63) is 77.8 Å². The number of halogens is 1. The Morgan fingerprint density at radius 2 is 1.59 bits per heavy atom. The van der Waals surface area contributed by atoms with E-state index >= 15 is 0 Å². The molecule has 0 aromatic heterocycles. The Kier molecular flexibility index (Phi) is 6.79. The van der Waals surface area contributed by atoms with Crippen molar-refractivity contribution < 1.29 is 13.2 Å². The van der Waals surface area contributed by atoms with E-state index in [1.807, 2.05) is 49.3 Å². The predicted octanol–water partition coefficient (Wildman–Crippen LogP) is 4.75. The summed E-state index contributed by atoms with van der Waals surface area (Å²) in [7, 11) is 0.153. The second kappa shape index (κ2) is 9.31. The van der Waals surface area contributed by atoms with Gasteiger partial charge in [-0.05, 0) is 49.5 Å². The van der Waals surface area contributed by atoms with Crippen molar-refractivity contribution >= 4 is 27.3 Å². The fourth-order valence-electron chi connectivity index (χ4n) is 2.69. The van der Waals surface area contributed by atoms with Crippen LogP contribution in [0.5, 0.6) is 5.75 Å². The number of rotatable bonds is 8. The monoisotopic (exact) mass is 430 g/mol. The second-order valence-corrected chi connectivity index (χ2v) is 8.88. The van der Waals surface area contributed by atoms with Crippen molar-refractivity contribution in [3.8, 4) is 16.9 Å². The maximum absolute atomic E-state index is 12.8. The van der Waals surface area contributed by atoms with Crippen LogP contribution in [0.3, 0.4) is 0 Å². The van der Waals surface area contributed by atoms with Gasteiger partial charge in [-0.1, -0.05) is 54.1 Å². The molecule has 0 saturated carbocycles. The van der Waals surface area contributed by atoms with Gasteiger partial charge in [0, 0.05) is 12.6 Å². The summed E-state index contributed by atoms with van der Waals surface area (Å²) in [4.78, 5) is 2.17. The lowest BCUT2D eigenvalue weighted by molar-refractivity contribution is 0.261. The van der Waals surface area contributed by atoms with E-state index in [0.717, 1.165) is 17.7 Å². The van der Waals surface area contributed by atoms with Crippen LogP contribution in [0.25, 0.3) is 11.1 Å². The smallest absolute Gasteiger partial charge is 0.261 e. The molecule has 0 unspecified atom stereocenters. The first-order chi connectivity index (χ1) is 13.8. The van der Waals surface area contributed by atoms with Crippen LogP contribution in [-0.2, 0) is 10.0 Å². The minimum absolute atomic E-state index is 0.183. The summed E-state index contributed by atoms with van der Waals surface area (Å²) in [6.45, 7) is 1.17. The van der Waals surface area contributed by atoms with Gasteiger partial charge in [0.05, 0.1) is 15.6 Å². The summed E-state index contributed by atoms with van der Waals surface area (Å²) in [6, 6.07) is 21.4. The number of likely N-dealkylation sites (N-methyl/N-ethyl adjacent to an activating group) is 1. The van der Waals surface area contributed by atoms with Gasteiger partial charge >= 0.3 is 0 Å². The number of ether oxygens (including phenoxy) is 1. The lowest BCUT2D eigenvalue weighted by Gasteiger charge is -2.14. The molecule has 0 radical (unpaired) electrons. The number of nitrogens with zero attached hydrogens (tertiary/aromatic N) is 1. The number of benzene rings is 3. The second-order valence-electron chi connectivity index (χ2n) is 6.79. The summed E-state index contributed by atoms with van der Waals surface area (Å²) in [5.74, 6) is 0.438. The number of nitrogens with one attached hydrogen (secondary N) is 1. The first kappa shape index (κ1) is 21.2. The molecule has 7 heteroatoms. The zero-order valence-corrected chi connectivity index (χ0v) is 17.9. The SMILES string of the molecule is CN(C)CCOc1cc(NS(=O)(=O)c2ccc(-c3ccccc3)cc2)ccc1Cl.